The molecular weight excluding hydrogens is 286 g/mol. The average Bonchev–Trinajstić information content (AvgIpc) is 2.41. The van der Waals surface area contributed by atoms with E-state index in [1.54, 1.807) is 0 Å². The van der Waals surface area contributed by atoms with Crippen molar-refractivity contribution < 1.29 is 0 Å². The zero-order valence-corrected chi connectivity index (χ0v) is 12.1. The molecule has 1 nitrogen and oxygen atoms in total. The van der Waals surface area contributed by atoms with Gasteiger partial charge in [-0.3, -0.25) is 0 Å². The normalized spacial score (nSPS) is 14.2. The van der Waals surface area contributed by atoms with Crippen molar-refractivity contribution >= 4 is 15.9 Å². The summed E-state index contributed by atoms with van der Waals surface area (Å²) in [5.74, 6) is 0.360. The van der Waals surface area contributed by atoms with Gasteiger partial charge in [0.25, 0.3) is 0 Å². The fraction of sp³-hybridized carbons (Fsp3) is 0.250. The number of hydrogen-bond donors (Lipinski definition) is 1. The highest BCUT2D eigenvalue weighted by molar-refractivity contribution is 9.10. The van der Waals surface area contributed by atoms with E-state index in [9.17, 15) is 0 Å². The van der Waals surface area contributed by atoms with Crippen molar-refractivity contribution in [2.45, 2.75) is 25.3 Å². The number of hydrogen-bond acceptors (Lipinski definition) is 1. The highest BCUT2D eigenvalue weighted by Crippen LogP contribution is 2.23. The monoisotopic (exact) mass is 303 g/mol. The van der Waals surface area contributed by atoms with E-state index in [0.717, 1.165) is 10.9 Å². The molecule has 2 heteroatoms. The molecule has 0 fully saturated rings. The quantitative estimate of drug-likeness (QED) is 0.903. The van der Waals surface area contributed by atoms with E-state index < -0.39 is 0 Å². The Hall–Kier alpha value is -1.12. The first-order valence-corrected chi connectivity index (χ1v) is 7.01. The Labute approximate surface area is 117 Å². The minimum Gasteiger partial charge on any atom is -0.327 e. The maximum absolute atomic E-state index is 6.33. The largest absolute Gasteiger partial charge is 0.327 e. The summed E-state index contributed by atoms with van der Waals surface area (Å²) < 4.78 is 1.14. The van der Waals surface area contributed by atoms with Gasteiger partial charge in [-0.1, -0.05) is 71.4 Å². The molecule has 2 N–H and O–H groups in total. The zero-order chi connectivity index (χ0) is 13.0. The molecule has 94 valence electrons. The van der Waals surface area contributed by atoms with Gasteiger partial charge in [-0.2, -0.15) is 0 Å². The van der Waals surface area contributed by atoms with Crippen molar-refractivity contribution in [2.75, 3.05) is 0 Å². The van der Waals surface area contributed by atoms with Crippen LogP contribution in [0.1, 0.15) is 24.0 Å². The Morgan fingerprint density at radius 1 is 1.00 bits per heavy atom. The fourth-order valence-electron chi connectivity index (χ4n) is 2.10. The van der Waals surface area contributed by atoms with Gasteiger partial charge in [0.15, 0.2) is 0 Å². The summed E-state index contributed by atoms with van der Waals surface area (Å²) in [5, 5.41) is 0. The van der Waals surface area contributed by atoms with Crippen molar-refractivity contribution in [3.8, 4) is 0 Å². The van der Waals surface area contributed by atoms with Gasteiger partial charge in [-0.15, -0.1) is 0 Å². The first-order valence-electron chi connectivity index (χ1n) is 6.22. The minimum atomic E-state index is 0.131. The predicted molar refractivity (Wildman–Crippen MR) is 80.7 cm³/mol. The lowest BCUT2D eigenvalue weighted by atomic mass is 9.90. The lowest BCUT2D eigenvalue weighted by Gasteiger charge is -2.21. The SMILES string of the molecule is CC(c1ccccc1)C(N)Cc1ccccc1Br. The highest BCUT2D eigenvalue weighted by atomic mass is 79.9. The van der Waals surface area contributed by atoms with Crippen LogP contribution in [0.4, 0.5) is 0 Å². The van der Waals surface area contributed by atoms with E-state index in [1.165, 1.54) is 11.1 Å². The molecule has 2 aromatic rings. The summed E-state index contributed by atoms with van der Waals surface area (Å²) in [7, 11) is 0. The predicted octanol–water partition coefficient (Wildman–Crippen LogP) is 4.12. The maximum Gasteiger partial charge on any atom is 0.0207 e. The molecule has 2 rings (SSSR count). The van der Waals surface area contributed by atoms with Crippen LogP contribution in [-0.4, -0.2) is 6.04 Å². The number of rotatable bonds is 4. The third kappa shape index (κ3) is 3.21. The average molecular weight is 304 g/mol. The van der Waals surface area contributed by atoms with E-state index in [4.69, 9.17) is 5.73 Å². The molecule has 2 aromatic carbocycles. The van der Waals surface area contributed by atoms with Crippen LogP contribution < -0.4 is 5.73 Å². The summed E-state index contributed by atoms with van der Waals surface area (Å²) in [6.07, 6.45) is 0.886. The topological polar surface area (TPSA) is 26.0 Å². The Morgan fingerprint density at radius 3 is 2.28 bits per heavy atom. The van der Waals surface area contributed by atoms with Crippen LogP contribution in [-0.2, 0) is 6.42 Å². The Kier molecular flexibility index (Phi) is 4.56. The molecule has 2 unspecified atom stereocenters. The summed E-state index contributed by atoms with van der Waals surface area (Å²) in [4.78, 5) is 0. The third-order valence-electron chi connectivity index (χ3n) is 3.38. The van der Waals surface area contributed by atoms with E-state index in [1.807, 2.05) is 12.1 Å². The van der Waals surface area contributed by atoms with E-state index >= 15 is 0 Å². The molecule has 0 aliphatic heterocycles. The van der Waals surface area contributed by atoms with Crippen molar-refractivity contribution in [2.24, 2.45) is 5.73 Å². The molecular formula is C16H18BrN. The second-order valence-electron chi connectivity index (χ2n) is 4.66. The summed E-state index contributed by atoms with van der Waals surface area (Å²) in [5.41, 5.74) is 8.90. The lowest BCUT2D eigenvalue weighted by Crippen LogP contribution is -2.29. The maximum atomic E-state index is 6.33. The molecule has 0 aliphatic rings. The number of benzene rings is 2. The summed E-state index contributed by atoms with van der Waals surface area (Å²) in [6.45, 7) is 2.19. The van der Waals surface area contributed by atoms with Gasteiger partial charge in [-0.05, 0) is 29.5 Å². The van der Waals surface area contributed by atoms with Gasteiger partial charge in [0.1, 0.15) is 0 Å². The van der Waals surface area contributed by atoms with E-state index in [0.29, 0.717) is 5.92 Å². The standard InChI is InChI=1S/C16H18BrN/c1-12(13-7-3-2-4-8-13)16(18)11-14-9-5-6-10-15(14)17/h2-10,12,16H,11,18H2,1H3. The fourth-order valence-corrected chi connectivity index (χ4v) is 2.55. The van der Waals surface area contributed by atoms with Crippen LogP contribution in [0.3, 0.4) is 0 Å². The van der Waals surface area contributed by atoms with Crippen LogP contribution in [0, 0.1) is 0 Å². The van der Waals surface area contributed by atoms with Gasteiger partial charge >= 0.3 is 0 Å². The Bertz CT molecular complexity index is 495. The molecule has 0 saturated heterocycles. The molecule has 0 saturated carbocycles. The molecule has 0 amide bonds. The van der Waals surface area contributed by atoms with Crippen LogP contribution in [0.15, 0.2) is 59.1 Å². The number of nitrogens with two attached hydrogens (primary N) is 1. The first kappa shape index (κ1) is 13.3. The molecule has 0 aliphatic carbocycles. The number of halogens is 1. The lowest BCUT2D eigenvalue weighted by molar-refractivity contribution is 0.563. The summed E-state index contributed by atoms with van der Waals surface area (Å²) in [6, 6.07) is 18.9. The van der Waals surface area contributed by atoms with Gasteiger partial charge in [0.05, 0.1) is 0 Å². The van der Waals surface area contributed by atoms with Gasteiger partial charge in [0, 0.05) is 10.5 Å². The van der Waals surface area contributed by atoms with E-state index in [-0.39, 0.29) is 6.04 Å². The van der Waals surface area contributed by atoms with Gasteiger partial charge in [-0.25, -0.2) is 0 Å². The molecule has 18 heavy (non-hydrogen) atoms. The molecule has 0 aromatic heterocycles. The Balaban J connectivity index is 2.09. The molecule has 0 heterocycles. The minimum absolute atomic E-state index is 0.131. The van der Waals surface area contributed by atoms with Crippen LogP contribution in [0.5, 0.6) is 0 Å². The van der Waals surface area contributed by atoms with Crippen LogP contribution in [0.25, 0.3) is 0 Å². The van der Waals surface area contributed by atoms with Crippen molar-refractivity contribution in [3.05, 3.63) is 70.2 Å². The van der Waals surface area contributed by atoms with Gasteiger partial charge in [0.2, 0.25) is 0 Å². The van der Waals surface area contributed by atoms with Crippen molar-refractivity contribution in [1.29, 1.82) is 0 Å². The molecule has 0 bridgehead atoms. The Morgan fingerprint density at radius 2 is 1.61 bits per heavy atom. The highest BCUT2D eigenvalue weighted by Gasteiger charge is 2.15. The second-order valence-corrected chi connectivity index (χ2v) is 5.51. The third-order valence-corrected chi connectivity index (χ3v) is 4.15. The van der Waals surface area contributed by atoms with Crippen molar-refractivity contribution in [3.63, 3.8) is 0 Å². The van der Waals surface area contributed by atoms with Gasteiger partial charge < -0.3 is 5.73 Å². The first-order chi connectivity index (χ1) is 8.68. The second kappa shape index (κ2) is 6.17. The molecule has 2 atom stereocenters. The zero-order valence-electron chi connectivity index (χ0n) is 10.5. The van der Waals surface area contributed by atoms with Crippen molar-refractivity contribution in [1.82, 2.24) is 0 Å². The van der Waals surface area contributed by atoms with Crippen LogP contribution >= 0.6 is 15.9 Å². The summed E-state index contributed by atoms with van der Waals surface area (Å²) >= 11 is 3.57. The molecule has 0 radical (unpaired) electrons. The van der Waals surface area contributed by atoms with E-state index in [2.05, 4.69) is 65.3 Å². The smallest absolute Gasteiger partial charge is 0.0207 e. The molecule has 0 spiro atoms. The van der Waals surface area contributed by atoms with Crippen LogP contribution in [0.2, 0.25) is 0 Å².